The van der Waals surface area contributed by atoms with Gasteiger partial charge in [0.2, 0.25) is 4.93 Å². The number of benzene rings is 1. The van der Waals surface area contributed by atoms with E-state index in [2.05, 4.69) is 5.32 Å². The van der Waals surface area contributed by atoms with Crippen molar-refractivity contribution in [2.45, 2.75) is 66.5 Å². The van der Waals surface area contributed by atoms with Crippen molar-refractivity contribution in [1.29, 1.82) is 0 Å². The fraction of sp³-hybridized carbons (Fsp3) is 0.619. The van der Waals surface area contributed by atoms with Crippen molar-refractivity contribution in [3.05, 3.63) is 30.3 Å². The van der Waals surface area contributed by atoms with Crippen LogP contribution in [0.1, 0.15) is 26.2 Å². The van der Waals surface area contributed by atoms with Crippen molar-refractivity contribution >= 4 is 23.8 Å². The topological polar surface area (TPSA) is 124 Å². The van der Waals surface area contributed by atoms with Crippen LogP contribution in [0.4, 0.5) is 4.79 Å². The summed E-state index contributed by atoms with van der Waals surface area (Å²) < 4.78 is 21.9. The molecule has 3 N–H and O–H groups in total. The van der Waals surface area contributed by atoms with Crippen LogP contribution < -0.4 is 5.32 Å². The Morgan fingerprint density at radius 2 is 2.10 bits per heavy atom. The SMILES string of the molecule is CCCCOC[C@@H](O)[C@@H](O)C1O[C@](Sc2ccccc2)(C(=O)OC)C[C@H]2OC(=O)N[C@@H]12. The molecule has 10 heteroatoms. The number of ether oxygens (including phenoxy) is 4. The highest BCUT2D eigenvalue weighted by molar-refractivity contribution is 8.01. The third-order valence-electron chi connectivity index (χ3n) is 5.28. The Balaban J connectivity index is 1.84. The molecule has 0 bridgehead atoms. The fourth-order valence-electron chi connectivity index (χ4n) is 3.67. The van der Waals surface area contributed by atoms with E-state index in [0.717, 1.165) is 29.5 Å². The van der Waals surface area contributed by atoms with Gasteiger partial charge >= 0.3 is 12.1 Å². The van der Waals surface area contributed by atoms with Crippen LogP contribution in [0.3, 0.4) is 0 Å². The maximum Gasteiger partial charge on any atom is 0.407 e. The van der Waals surface area contributed by atoms with Crippen molar-refractivity contribution in [2.75, 3.05) is 20.3 Å². The van der Waals surface area contributed by atoms with Gasteiger partial charge in [-0.15, -0.1) is 0 Å². The molecular formula is C21H29NO8S. The monoisotopic (exact) mass is 455 g/mol. The summed E-state index contributed by atoms with van der Waals surface area (Å²) in [5.41, 5.74) is 0. The molecule has 9 nitrogen and oxygen atoms in total. The number of esters is 1. The first-order chi connectivity index (χ1) is 14.9. The standard InChI is InChI=1S/C21H29NO8S/c1-3-4-10-28-12-14(23)17(24)18-16-15(29-20(26)22-16)11-21(30-18,19(25)27-2)31-13-8-6-5-7-9-13/h5-9,14-18,23-24H,3-4,10-12H2,1-2H3,(H,22,26)/t14-,15-,16-,17-,18?,21-/m1/s1. The summed E-state index contributed by atoms with van der Waals surface area (Å²) in [6.45, 7) is 2.36. The number of unbranched alkanes of at least 4 members (excludes halogenated alkanes) is 1. The largest absolute Gasteiger partial charge is 0.466 e. The van der Waals surface area contributed by atoms with E-state index in [9.17, 15) is 19.8 Å². The Morgan fingerprint density at radius 3 is 2.77 bits per heavy atom. The molecule has 6 atom stereocenters. The average molecular weight is 456 g/mol. The first-order valence-corrected chi connectivity index (χ1v) is 11.1. The molecule has 2 fully saturated rings. The third-order valence-corrected chi connectivity index (χ3v) is 6.54. The number of alkyl carbamates (subject to hydrolysis) is 1. The number of hydrogen-bond donors (Lipinski definition) is 3. The highest BCUT2D eigenvalue weighted by Crippen LogP contribution is 2.46. The Labute approximate surface area is 185 Å². The Hall–Kier alpha value is -1.85. The lowest BCUT2D eigenvalue weighted by Crippen LogP contribution is -2.63. The summed E-state index contributed by atoms with van der Waals surface area (Å²) in [6, 6.07) is 8.37. The van der Waals surface area contributed by atoms with Gasteiger partial charge in [-0.25, -0.2) is 9.59 Å². The molecular weight excluding hydrogens is 426 g/mol. The van der Waals surface area contributed by atoms with Gasteiger partial charge in [-0.1, -0.05) is 43.3 Å². The first kappa shape index (κ1) is 23.8. The third kappa shape index (κ3) is 5.50. The van der Waals surface area contributed by atoms with Crippen molar-refractivity contribution < 1.29 is 38.7 Å². The van der Waals surface area contributed by atoms with Gasteiger partial charge in [0.05, 0.1) is 19.8 Å². The van der Waals surface area contributed by atoms with Crippen LogP contribution in [-0.4, -0.2) is 78.0 Å². The molecule has 2 heterocycles. The second-order valence-electron chi connectivity index (χ2n) is 7.55. The molecule has 0 aromatic heterocycles. The zero-order valence-corrected chi connectivity index (χ0v) is 18.4. The number of nitrogens with one attached hydrogen (secondary N) is 1. The summed E-state index contributed by atoms with van der Waals surface area (Å²) in [6.07, 6.45) is -3.46. The van der Waals surface area contributed by atoms with Gasteiger partial charge < -0.3 is 34.5 Å². The quantitative estimate of drug-likeness (QED) is 0.355. The number of fused-ring (bicyclic) bond motifs is 1. The first-order valence-electron chi connectivity index (χ1n) is 10.3. The average Bonchev–Trinajstić information content (AvgIpc) is 3.15. The molecule has 3 rings (SSSR count). The lowest BCUT2D eigenvalue weighted by Gasteiger charge is -2.44. The number of aliphatic hydroxyl groups is 2. The van der Waals surface area contributed by atoms with E-state index in [0.29, 0.717) is 6.61 Å². The maximum atomic E-state index is 12.8. The number of thioether (sulfide) groups is 1. The Morgan fingerprint density at radius 1 is 1.35 bits per heavy atom. The molecule has 2 aliphatic heterocycles. The second kappa shape index (κ2) is 10.6. The highest BCUT2D eigenvalue weighted by atomic mass is 32.2. The van der Waals surface area contributed by atoms with E-state index in [1.807, 2.05) is 37.3 Å². The van der Waals surface area contributed by atoms with Crippen LogP contribution in [-0.2, 0) is 23.7 Å². The zero-order chi connectivity index (χ0) is 22.4. The van der Waals surface area contributed by atoms with Gasteiger partial charge in [0.15, 0.2) is 0 Å². The molecule has 0 saturated carbocycles. The van der Waals surface area contributed by atoms with Crippen LogP contribution in [0.15, 0.2) is 35.2 Å². The van der Waals surface area contributed by atoms with Crippen LogP contribution in [0, 0.1) is 0 Å². The van der Waals surface area contributed by atoms with Crippen molar-refractivity contribution in [2.24, 2.45) is 0 Å². The van der Waals surface area contributed by atoms with Gasteiger partial charge in [-0.2, -0.15) is 0 Å². The summed E-state index contributed by atoms with van der Waals surface area (Å²) in [4.78, 5) is 23.9. The molecule has 2 saturated heterocycles. The van der Waals surface area contributed by atoms with E-state index in [4.69, 9.17) is 18.9 Å². The number of rotatable bonds is 10. The van der Waals surface area contributed by atoms with Crippen molar-refractivity contribution in [1.82, 2.24) is 5.32 Å². The van der Waals surface area contributed by atoms with Crippen LogP contribution in [0.25, 0.3) is 0 Å². The number of methoxy groups -OCH3 is 1. The summed E-state index contributed by atoms with van der Waals surface area (Å²) in [5.74, 6) is -0.673. The number of hydrogen-bond acceptors (Lipinski definition) is 9. The molecule has 0 spiro atoms. The number of aliphatic hydroxyl groups excluding tert-OH is 2. The van der Waals surface area contributed by atoms with Crippen molar-refractivity contribution in [3.63, 3.8) is 0 Å². The molecule has 0 radical (unpaired) electrons. The van der Waals surface area contributed by atoms with Crippen molar-refractivity contribution in [3.8, 4) is 0 Å². The minimum atomic E-state index is -1.57. The molecule has 2 aliphatic rings. The summed E-state index contributed by atoms with van der Waals surface area (Å²) in [7, 11) is 1.24. The molecule has 1 unspecified atom stereocenters. The zero-order valence-electron chi connectivity index (χ0n) is 17.6. The van der Waals surface area contributed by atoms with E-state index in [1.54, 1.807) is 0 Å². The van der Waals surface area contributed by atoms with E-state index < -0.39 is 47.5 Å². The Bertz CT molecular complexity index is 750. The van der Waals surface area contributed by atoms with Gasteiger partial charge in [0.25, 0.3) is 0 Å². The van der Waals surface area contributed by atoms with Crippen LogP contribution >= 0.6 is 11.8 Å². The predicted octanol–water partition coefficient (Wildman–Crippen LogP) is 1.45. The molecule has 31 heavy (non-hydrogen) atoms. The molecule has 1 aromatic rings. The summed E-state index contributed by atoms with van der Waals surface area (Å²) >= 11 is 1.11. The molecule has 172 valence electrons. The summed E-state index contributed by atoms with van der Waals surface area (Å²) in [5, 5.41) is 24.0. The minimum absolute atomic E-state index is 0.0228. The van der Waals surface area contributed by atoms with Crippen LogP contribution in [0.5, 0.6) is 0 Å². The highest BCUT2D eigenvalue weighted by Gasteiger charge is 2.59. The van der Waals surface area contributed by atoms with Crippen LogP contribution in [0.2, 0.25) is 0 Å². The Kier molecular flexibility index (Phi) is 8.17. The van der Waals surface area contributed by atoms with E-state index >= 15 is 0 Å². The maximum absolute atomic E-state index is 12.8. The number of amides is 1. The lowest BCUT2D eigenvalue weighted by molar-refractivity contribution is -0.200. The fourth-order valence-corrected chi connectivity index (χ4v) is 4.91. The van der Waals surface area contributed by atoms with E-state index in [1.165, 1.54) is 7.11 Å². The lowest BCUT2D eigenvalue weighted by atomic mass is 9.90. The molecule has 0 aliphatic carbocycles. The van der Waals surface area contributed by atoms with Gasteiger partial charge in [0.1, 0.15) is 24.4 Å². The van der Waals surface area contributed by atoms with Gasteiger partial charge in [-0.3, -0.25) is 0 Å². The predicted molar refractivity (Wildman–Crippen MR) is 111 cm³/mol. The smallest absolute Gasteiger partial charge is 0.407 e. The van der Waals surface area contributed by atoms with Gasteiger partial charge in [0, 0.05) is 17.9 Å². The molecule has 1 amide bonds. The normalized spacial score (nSPS) is 29.4. The number of carbonyl (C=O) groups is 2. The van der Waals surface area contributed by atoms with E-state index in [-0.39, 0.29) is 13.0 Å². The minimum Gasteiger partial charge on any atom is -0.466 e. The number of carbonyl (C=O) groups excluding carboxylic acids is 2. The second-order valence-corrected chi connectivity index (χ2v) is 8.88. The molecule has 1 aromatic carbocycles. The van der Waals surface area contributed by atoms with Gasteiger partial charge in [-0.05, 0) is 18.6 Å².